The Bertz CT molecular complexity index is 283. The number of nitrogens with zero attached hydrogens (tertiary/aromatic N) is 2. The fourth-order valence-electron chi connectivity index (χ4n) is 0.952. The predicted molar refractivity (Wildman–Crippen MR) is 47.1 cm³/mol. The molecule has 0 amide bonds. The summed E-state index contributed by atoms with van der Waals surface area (Å²) < 4.78 is 1.30. The van der Waals surface area contributed by atoms with Gasteiger partial charge in [-0.2, -0.15) is 4.73 Å². The van der Waals surface area contributed by atoms with Gasteiger partial charge in [-0.25, -0.2) is 15.0 Å². The summed E-state index contributed by atoms with van der Waals surface area (Å²) in [7, 11) is -0.882. The zero-order valence-corrected chi connectivity index (χ0v) is 7.70. The van der Waals surface area contributed by atoms with Crippen LogP contribution in [0.5, 0.6) is 0 Å². The van der Waals surface area contributed by atoms with Crippen LogP contribution in [0.2, 0.25) is 0 Å². The molecule has 0 aliphatic carbocycles. The van der Waals surface area contributed by atoms with E-state index < -0.39 is 8.07 Å². The maximum Gasteiger partial charge on any atom is 0.367 e. The van der Waals surface area contributed by atoms with Crippen molar-refractivity contribution in [1.29, 1.82) is 0 Å². The Hall–Kier alpha value is -0.970. The van der Waals surface area contributed by atoms with E-state index in [0.29, 0.717) is 0 Å². The molecule has 1 atom stereocenters. The maximum atomic E-state index is 11.4. The lowest BCUT2D eigenvalue weighted by Crippen LogP contribution is -2.23. The SMILES string of the molecule is O=C(On1ccnc1)P1CCNN1. The molecule has 13 heavy (non-hydrogen) atoms. The van der Waals surface area contributed by atoms with Gasteiger partial charge in [0.05, 0.1) is 14.3 Å². The van der Waals surface area contributed by atoms with Crippen LogP contribution in [0.4, 0.5) is 4.79 Å². The second-order valence-corrected chi connectivity index (χ2v) is 4.36. The summed E-state index contributed by atoms with van der Waals surface area (Å²) in [5.41, 5.74) is 2.65. The highest BCUT2D eigenvalue weighted by Gasteiger charge is 2.24. The van der Waals surface area contributed by atoms with Gasteiger partial charge in [-0.15, -0.1) is 0 Å². The van der Waals surface area contributed by atoms with Crippen LogP contribution >= 0.6 is 8.07 Å². The van der Waals surface area contributed by atoms with Gasteiger partial charge >= 0.3 is 5.71 Å². The predicted octanol–water partition coefficient (Wildman–Crippen LogP) is -0.0636. The monoisotopic (exact) mass is 200 g/mol. The highest BCUT2D eigenvalue weighted by molar-refractivity contribution is 7.72. The van der Waals surface area contributed by atoms with Gasteiger partial charge < -0.3 is 4.84 Å². The number of imidazole rings is 1. The molecule has 0 radical (unpaired) electrons. The number of rotatable bonds is 2. The molecule has 2 heterocycles. The van der Waals surface area contributed by atoms with Crippen molar-refractivity contribution < 1.29 is 9.63 Å². The van der Waals surface area contributed by atoms with Gasteiger partial charge in [0, 0.05) is 18.9 Å². The normalized spacial score (nSPS) is 21.7. The highest BCUT2D eigenvalue weighted by Crippen LogP contribution is 2.32. The molecule has 6 nitrogen and oxygen atoms in total. The summed E-state index contributed by atoms with van der Waals surface area (Å²) in [6, 6.07) is 0. The Morgan fingerprint density at radius 1 is 1.69 bits per heavy atom. The lowest BCUT2D eigenvalue weighted by Gasteiger charge is -2.07. The van der Waals surface area contributed by atoms with E-state index in [1.165, 1.54) is 11.1 Å². The zero-order valence-electron chi connectivity index (χ0n) is 6.80. The zero-order chi connectivity index (χ0) is 9.10. The lowest BCUT2D eigenvalue weighted by atomic mass is 10.8. The van der Waals surface area contributed by atoms with Crippen LogP contribution in [0.15, 0.2) is 18.7 Å². The van der Waals surface area contributed by atoms with Gasteiger partial charge in [-0.05, 0) is 0 Å². The van der Waals surface area contributed by atoms with E-state index in [1.807, 2.05) is 0 Å². The van der Waals surface area contributed by atoms with Gasteiger partial charge in [0.25, 0.3) is 0 Å². The van der Waals surface area contributed by atoms with Crippen LogP contribution in [0.3, 0.4) is 0 Å². The summed E-state index contributed by atoms with van der Waals surface area (Å²) in [5.74, 6) is 0. The van der Waals surface area contributed by atoms with Crippen molar-refractivity contribution in [2.75, 3.05) is 12.7 Å². The molecule has 1 aromatic heterocycles. The third kappa shape index (κ3) is 2.03. The summed E-state index contributed by atoms with van der Waals surface area (Å²) in [4.78, 5) is 20.1. The van der Waals surface area contributed by atoms with Gasteiger partial charge in [0.15, 0.2) is 0 Å². The largest absolute Gasteiger partial charge is 0.367 e. The molecule has 1 saturated heterocycles. The van der Waals surface area contributed by atoms with E-state index in [-0.39, 0.29) is 5.71 Å². The molecule has 1 aliphatic heterocycles. The van der Waals surface area contributed by atoms with Crippen LogP contribution in [-0.2, 0) is 0 Å². The fourth-order valence-corrected chi connectivity index (χ4v) is 2.17. The van der Waals surface area contributed by atoms with Gasteiger partial charge in [0.1, 0.15) is 6.33 Å². The van der Waals surface area contributed by atoms with Crippen LogP contribution in [0.25, 0.3) is 0 Å². The number of aromatic nitrogens is 2. The second kappa shape index (κ2) is 3.83. The molecule has 2 N–H and O–H groups in total. The third-order valence-corrected chi connectivity index (χ3v) is 3.18. The number of hydrazine groups is 1. The molecular formula is C6H9N4O2P. The fraction of sp³-hybridized carbons (Fsp3) is 0.333. The van der Waals surface area contributed by atoms with Crippen molar-refractivity contribution in [1.82, 2.24) is 20.3 Å². The van der Waals surface area contributed by atoms with Crippen LogP contribution in [0, 0.1) is 0 Å². The average molecular weight is 200 g/mol. The van der Waals surface area contributed by atoms with Gasteiger partial charge in [-0.3, -0.25) is 5.43 Å². The molecular weight excluding hydrogens is 191 g/mol. The number of carbonyl (C=O) groups excluding carboxylic acids is 1. The van der Waals surface area contributed by atoms with E-state index in [4.69, 9.17) is 4.84 Å². The van der Waals surface area contributed by atoms with E-state index in [1.54, 1.807) is 12.4 Å². The molecule has 0 spiro atoms. The molecule has 0 saturated carbocycles. The van der Waals surface area contributed by atoms with E-state index >= 15 is 0 Å². The topological polar surface area (TPSA) is 68.2 Å². The quantitative estimate of drug-likeness (QED) is 0.654. The van der Waals surface area contributed by atoms with Crippen molar-refractivity contribution in [3.63, 3.8) is 0 Å². The van der Waals surface area contributed by atoms with Crippen molar-refractivity contribution in [2.45, 2.75) is 0 Å². The molecule has 1 aromatic rings. The highest BCUT2D eigenvalue weighted by atomic mass is 31.1. The molecule has 1 unspecified atom stereocenters. The Morgan fingerprint density at radius 3 is 3.23 bits per heavy atom. The standard InChI is InChI=1S/C6H9N4O2P/c11-6(13-4-2-8-9-13)12-10-3-1-7-5-10/h1,3,5,8-9H,2,4H2. The Labute approximate surface area is 76.0 Å². The van der Waals surface area contributed by atoms with Crippen molar-refractivity contribution in [3.05, 3.63) is 18.7 Å². The smallest absolute Gasteiger partial charge is 0.329 e. The maximum absolute atomic E-state index is 11.4. The van der Waals surface area contributed by atoms with Crippen molar-refractivity contribution in [3.8, 4) is 0 Å². The van der Waals surface area contributed by atoms with Crippen molar-refractivity contribution in [2.24, 2.45) is 0 Å². The van der Waals surface area contributed by atoms with Gasteiger partial charge in [-0.1, -0.05) is 0 Å². The summed E-state index contributed by atoms with van der Waals surface area (Å²) in [6.45, 7) is 0.810. The Morgan fingerprint density at radius 2 is 2.62 bits per heavy atom. The first-order valence-corrected chi connectivity index (χ1v) is 5.35. The minimum atomic E-state index is -0.882. The molecule has 2 rings (SSSR count). The molecule has 1 fully saturated rings. The van der Waals surface area contributed by atoms with Gasteiger partial charge in [0.2, 0.25) is 0 Å². The van der Waals surface area contributed by atoms with Crippen molar-refractivity contribution >= 4 is 13.8 Å². The number of hydrogen-bond acceptors (Lipinski definition) is 5. The summed E-state index contributed by atoms with van der Waals surface area (Å²) in [5, 5.41) is 2.88. The number of carbonyl (C=O) groups is 1. The summed E-state index contributed by atoms with van der Waals surface area (Å²) in [6.07, 6.45) is 5.39. The molecule has 7 heteroatoms. The summed E-state index contributed by atoms with van der Waals surface area (Å²) >= 11 is 0. The van der Waals surface area contributed by atoms with Crippen LogP contribution in [-0.4, -0.2) is 28.1 Å². The van der Waals surface area contributed by atoms with E-state index in [2.05, 4.69) is 15.6 Å². The molecule has 0 bridgehead atoms. The number of nitrogens with one attached hydrogen (secondary N) is 2. The first-order valence-electron chi connectivity index (χ1n) is 3.82. The molecule has 0 aromatic carbocycles. The third-order valence-electron chi connectivity index (χ3n) is 1.56. The van der Waals surface area contributed by atoms with Crippen LogP contribution < -0.4 is 15.5 Å². The Balaban J connectivity index is 1.91. The first kappa shape index (κ1) is 8.62. The molecule has 1 aliphatic rings. The Kier molecular flexibility index (Phi) is 2.54. The van der Waals surface area contributed by atoms with Crippen LogP contribution in [0.1, 0.15) is 0 Å². The minimum Gasteiger partial charge on any atom is -0.329 e. The molecule has 70 valence electrons. The lowest BCUT2D eigenvalue weighted by molar-refractivity contribution is 0.159. The van der Waals surface area contributed by atoms with E-state index in [0.717, 1.165) is 12.7 Å². The first-order chi connectivity index (χ1) is 6.36. The van der Waals surface area contributed by atoms with E-state index in [9.17, 15) is 4.79 Å². The second-order valence-electron chi connectivity index (χ2n) is 2.47. The average Bonchev–Trinajstić information content (AvgIpc) is 2.74. The minimum absolute atomic E-state index is 0.238. The number of hydrogen-bond donors (Lipinski definition) is 2.